The lowest BCUT2D eigenvalue weighted by molar-refractivity contribution is -0.328. The van der Waals surface area contributed by atoms with E-state index in [0.29, 0.717) is 0 Å². The minimum Gasteiger partial charge on any atom is -0.264 e. The zero-order chi connectivity index (χ0) is 10.5. The van der Waals surface area contributed by atoms with Crippen LogP contribution in [0.3, 0.4) is 0 Å². The molecule has 2 rings (SSSR count). The fourth-order valence-electron chi connectivity index (χ4n) is 1.46. The maximum atomic E-state index is 10.7. The van der Waals surface area contributed by atoms with Crippen molar-refractivity contribution in [2.45, 2.75) is 6.10 Å². The average Bonchev–Trinajstić information content (AvgIpc) is 2.33. The van der Waals surface area contributed by atoms with Crippen molar-refractivity contribution in [1.29, 1.82) is 0 Å². The van der Waals surface area contributed by atoms with Gasteiger partial charge in [0, 0.05) is 18.0 Å². The molecule has 2 aromatic rings. The molecule has 0 bridgehead atoms. The van der Waals surface area contributed by atoms with Crippen molar-refractivity contribution in [2.75, 3.05) is 0 Å². The topological polar surface area (TPSA) is 42.0 Å². The number of nitrogens with zero attached hydrogens (tertiary/aromatic N) is 1. The number of pyridine rings is 1. The Morgan fingerprint density at radius 3 is 2.33 bits per heavy atom. The van der Waals surface area contributed by atoms with Gasteiger partial charge >= 0.3 is 0 Å². The third kappa shape index (κ3) is 2.21. The van der Waals surface area contributed by atoms with Crippen LogP contribution in [0.1, 0.15) is 17.2 Å². The maximum Gasteiger partial charge on any atom is 0.148 e. The summed E-state index contributed by atoms with van der Waals surface area (Å²) < 4.78 is 0. The summed E-state index contributed by atoms with van der Waals surface area (Å²) >= 11 is 0. The van der Waals surface area contributed by atoms with E-state index in [4.69, 9.17) is 0 Å². The van der Waals surface area contributed by atoms with E-state index >= 15 is 0 Å². The fourth-order valence-corrected chi connectivity index (χ4v) is 1.46. The summed E-state index contributed by atoms with van der Waals surface area (Å²) in [7, 11) is 0. The molecule has 75 valence electrons. The molecule has 15 heavy (non-hydrogen) atoms. The van der Waals surface area contributed by atoms with E-state index in [0.717, 1.165) is 11.1 Å². The lowest BCUT2D eigenvalue weighted by Crippen LogP contribution is -2.02. The molecule has 1 heterocycles. The minimum absolute atomic E-state index is 0.583. The van der Waals surface area contributed by atoms with Crippen LogP contribution in [0.5, 0.6) is 0 Å². The van der Waals surface area contributed by atoms with Gasteiger partial charge in [0.15, 0.2) is 0 Å². The Hall–Kier alpha value is -1.71. The summed E-state index contributed by atoms with van der Waals surface area (Å²) in [5, 5.41) is 10.7. The van der Waals surface area contributed by atoms with Crippen molar-refractivity contribution in [3.8, 4) is 0 Å². The zero-order valence-electron chi connectivity index (χ0n) is 8.04. The highest BCUT2D eigenvalue weighted by Gasteiger charge is 2.14. The van der Waals surface area contributed by atoms with Crippen molar-refractivity contribution in [3.63, 3.8) is 0 Å². The van der Waals surface area contributed by atoms with Crippen molar-refractivity contribution < 1.29 is 10.1 Å². The van der Waals surface area contributed by atoms with E-state index in [2.05, 4.69) is 9.87 Å². The smallest absolute Gasteiger partial charge is 0.148 e. The van der Waals surface area contributed by atoms with Crippen LogP contribution >= 0.6 is 0 Å². The molecule has 1 radical (unpaired) electrons. The van der Waals surface area contributed by atoms with Crippen LogP contribution in [-0.4, -0.2) is 4.98 Å². The first-order valence-electron chi connectivity index (χ1n) is 4.65. The molecule has 0 amide bonds. The molecule has 0 N–H and O–H groups in total. The van der Waals surface area contributed by atoms with E-state index in [9.17, 15) is 5.26 Å². The lowest BCUT2D eigenvalue weighted by atomic mass is 10.0. The highest BCUT2D eigenvalue weighted by Crippen LogP contribution is 2.23. The Bertz CT molecular complexity index is 363. The standard InChI is InChI=1S/C12H10NO2/c14-15-12(10-5-2-1-3-6-10)11-7-4-8-13-9-11/h1-9,12H. The Labute approximate surface area is 87.9 Å². The Balaban J connectivity index is 2.34. The van der Waals surface area contributed by atoms with Crippen LogP contribution in [0, 0.1) is 0 Å². The molecule has 3 nitrogen and oxygen atoms in total. The van der Waals surface area contributed by atoms with E-state index < -0.39 is 6.10 Å². The molecule has 1 atom stereocenters. The monoisotopic (exact) mass is 200 g/mol. The summed E-state index contributed by atoms with van der Waals surface area (Å²) in [6.45, 7) is 0. The van der Waals surface area contributed by atoms with Crippen LogP contribution in [0.2, 0.25) is 0 Å². The van der Waals surface area contributed by atoms with Gasteiger partial charge in [0.2, 0.25) is 0 Å². The SMILES string of the molecule is [O]OC(c1ccccc1)c1cccnc1. The van der Waals surface area contributed by atoms with Crippen molar-refractivity contribution >= 4 is 0 Å². The molecule has 1 unspecified atom stereocenters. The second-order valence-corrected chi connectivity index (χ2v) is 3.17. The second kappa shape index (κ2) is 4.68. The lowest BCUT2D eigenvalue weighted by Gasteiger charge is -2.11. The normalized spacial score (nSPS) is 12.3. The average molecular weight is 200 g/mol. The molecule has 0 fully saturated rings. The van der Waals surface area contributed by atoms with Gasteiger partial charge in [-0.2, -0.15) is 4.89 Å². The molecule has 0 aliphatic heterocycles. The van der Waals surface area contributed by atoms with Crippen LogP contribution in [-0.2, 0) is 10.1 Å². The van der Waals surface area contributed by atoms with Gasteiger partial charge in [0.1, 0.15) is 6.10 Å². The summed E-state index contributed by atoms with van der Waals surface area (Å²) in [5.41, 5.74) is 1.60. The van der Waals surface area contributed by atoms with Gasteiger partial charge in [-0.1, -0.05) is 36.4 Å². The Morgan fingerprint density at radius 2 is 1.73 bits per heavy atom. The molecule has 0 aliphatic carbocycles. The number of benzene rings is 1. The Morgan fingerprint density at radius 1 is 1.00 bits per heavy atom. The molecule has 0 spiro atoms. The van der Waals surface area contributed by atoms with Crippen LogP contribution in [0.4, 0.5) is 0 Å². The first-order valence-corrected chi connectivity index (χ1v) is 4.65. The molecule has 0 aliphatic rings. The van der Waals surface area contributed by atoms with Crippen molar-refractivity contribution in [2.24, 2.45) is 0 Å². The Kier molecular flexibility index (Phi) is 3.07. The summed E-state index contributed by atoms with van der Waals surface area (Å²) in [6, 6.07) is 13.0. The quantitative estimate of drug-likeness (QED) is 0.564. The van der Waals surface area contributed by atoms with Gasteiger partial charge in [-0.15, -0.1) is 0 Å². The third-order valence-corrected chi connectivity index (χ3v) is 2.19. The highest BCUT2D eigenvalue weighted by molar-refractivity contribution is 5.27. The molecule has 0 saturated carbocycles. The molecule has 0 saturated heterocycles. The van der Waals surface area contributed by atoms with Crippen molar-refractivity contribution in [3.05, 3.63) is 66.0 Å². The van der Waals surface area contributed by atoms with E-state index in [1.807, 2.05) is 36.4 Å². The molecular formula is C12H10NO2. The summed E-state index contributed by atoms with van der Waals surface area (Å²) in [5.74, 6) is 0. The van der Waals surface area contributed by atoms with Crippen LogP contribution in [0.25, 0.3) is 0 Å². The fraction of sp³-hybridized carbons (Fsp3) is 0.0833. The predicted molar refractivity (Wildman–Crippen MR) is 54.3 cm³/mol. The summed E-state index contributed by atoms with van der Waals surface area (Å²) in [6.07, 6.45) is 2.71. The first kappa shape index (κ1) is 9.83. The van der Waals surface area contributed by atoms with Gasteiger partial charge in [-0.3, -0.25) is 4.98 Å². The number of rotatable bonds is 3. The van der Waals surface area contributed by atoms with E-state index in [1.54, 1.807) is 18.5 Å². The van der Waals surface area contributed by atoms with Gasteiger partial charge in [0.25, 0.3) is 0 Å². The number of hydrogen-bond acceptors (Lipinski definition) is 2. The molecule has 3 heteroatoms. The zero-order valence-corrected chi connectivity index (χ0v) is 8.04. The predicted octanol–water partition coefficient (Wildman–Crippen LogP) is 2.53. The van der Waals surface area contributed by atoms with Gasteiger partial charge in [-0.25, -0.2) is 0 Å². The number of aromatic nitrogens is 1. The van der Waals surface area contributed by atoms with Gasteiger partial charge in [-0.05, 0) is 16.9 Å². The van der Waals surface area contributed by atoms with Gasteiger partial charge < -0.3 is 0 Å². The number of hydrogen-bond donors (Lipinski definition) is 0. The molecule has 1 aromatic carbocycles. The molecular weight excluding hydrogens is 190 g/mol. The van der Waals surface area contributed by atoms with Crippen molar-refractivity contribution in [1.82, 2.24) is 4.98 Å². The van der Waals surface area contributed by atoms with Crippen LogP contribution in [0.15, 0.2) is 54.9 Å². The van der Waals surface area contributed by atoms with Crippen LogP contribution < -0.4 is 0 Å². The first-order chi connectivity index (χ1) is 7.42. The largest absolute Gasteiger partial charge is 0.264 e. The van der Waals surface area contributed by atoms with E-state index in [1.165, 1.54) is 0 Å². The third-order valence-electron chi connectivity index (χ3n) is 2.19. The second-order valence-electron chi connectivity index (χ2n) is 3.17. The maximum absolute atomic E-state index is 10.7. The summed E-state index contributed by atoms with van der Waals surface area (Å²) in [4.78, 5) is 8.19. The van der Waals surface area contributed by atoms with E-state index in [-0.39, 0.29) is 0 Å². The molecule has 1 aromatic heterocycles. The minimum atomic E-state index is -0.583. The highest BCUT2D eigenvalue weighted by atomic mass is 17.1. The van der Waals surface area contributed by atoms with Gasteiger partial charge in [0.05, 0.1) is 0 Å².